The van der Waals surface area contributed by atoms with E-state index in [1.165, 1.54) is 24.0 Å². The molecule has 2 N–H and O–H groups in total. The van der Waals surface area contributed by atoms with Crippen molar-refractivity contribution in [1.82, 2.24) is 15.1 Å². The van der Waals surface area contributed by atoms with Crippen molar-refractivity contribution in [2.45, 2.75) is 0 Å². The lowest BCUT2D eigenvalue weighted by Crippen LogP contribution is -2.21. The van der Waals surface area contributed by atoms with E-state index in [0.717, 1.165) is 0 Å². The first-order valence-electron chi connectivity index (χ1n) is 6.12. The molecule has 7 heteroatoms. The summed E-state index contributed by atoms with van der Waals surface area (Å²) in [6.07, 6.45) is 1.54. The molecule has 0 aliphatic heterocycles. The quantitative estimate of drug-likeness (QED) is 0.874. The number of carbonyl (C=O) groups is 2. The van der Waals surface area contributed by atoms with Crippen molar-refractivity contribution in [3.05, 3.63) is 47.3 Å². The number of anilines is 1. The molecule has 1 aromatic carbocycles. The number of amides is 2. The molecule has 0 spiro atoms. The molecule has 0 aliphatic rings. The Morgan fingerprint density at radius 1 is 1.33 bits per heavy atom. The monoisotopic (exact) mass is 283 g/mol. The van der Waals surface area contributed by atoms with Crippen LogP contribution < -0.4 is 10.6 Å². The first kappa shape index (κ1) is 14.3. The summed E-state index contributed by atoms with van der Waals surface area (Å²) in [4.78, 5) is 23.9. The molecule has 2 rings (SSSR count). The predicted molar refractivity (Wildman–Crippen MR) is 75.7 cm³/mol. The highest BCUT2D eigenvalue weighted by Crippen LogP contribution is 2.15. The van der Waals surface area contributed by atoms with Crippen LogP contribution in [-0.4, -0.2) is 28.6 Å². The molecular weight excluding hydrogens is 270 g/mol. The number of hydrogen-bond donors (Lipinski definition) is 2. The van der Waals surface area contributed by atoms with Crippen molar-refractivity contribution in [2.75, 3.05) is 12.4 Å². The van der Waals surface area contributed by atoms with Crippen molar-refractivity contribution in [2.24, 2.45) is 7.05 Å². The normalized spacial score (nSPS) is 9.76. The van der Waals surface area contributed by atoms with Crippen LogP contribution in [0.1, 0.15) is 26.4 Å². The second kappa shape index (κ2) is 5.88. The lowest BCUT2D eigenvalue weighted by Gasteiger charge is -2.05. The van der Waals surface area contributed by atoms with Crippen molar-refractivity contribution < 1.29 is 9.59 Å². The smallest absolute Gasteiger partial charge is 0.273 e. The lowest BCUT2D eigenvalue weighted by atomic mass is 10.1. The van der Waals surface area contributed by atoms with Crippen LogP contribution in [0.25, 0.3) is 0 Å². The third-order valence-electron chi connectivity index (χ3n) is 2.77. The average molecular weight is 283 g/mol. The Morgan fingerprint density at radius 2 is 2.10 bits per heavy atom. The molecule has 1 aromatic heterocycles. The molecule has 0 radical (unpaired) electrons. The van der Waals surface area contributed by atoms with Gasteiger partial charge < -0.3 is 10.6 Å². The summed E-state index contributed by atoms with van der Waals surface area (Å²) in [5.74, 6) is -0.804. The highest BCUT2D eigenvalue weighted by Gasteiger charge is 2.17. The molecule has 0 aliphatic carbocycles. The lowest BCUT2D eigenvalue weighted by molar-refractivity contribution is 0.0958. The van der Waals surface area contributed by atoms with Gasteiger partial charge in [0.25, 0.3) is 11.8 Å². The summed E-state index contributed by atoms with van der Waals surface area (Å²) in [5, 5.41) is 17.9. The van der Waals surface area contributed by atoms with Gasteiger partial charge in [-0.15, -0.1) is 0 Å². The van der Waals surface area contributed by atoms with Crippen molar-refractivity contribution >= 4 is 17.5 Å². The van der Waals surface area contributed by atoms with Gasteiger partial charge in [0, 0.05) is 25.9 Å². The summed E-state index contributed by atoms with van der Waals surface area (Å²) in [7, 11) is 3.14. The van der Waals surface area contributed by atoms with E-state index in [1.807, 2.05) is 6.07 Å². The molecular formula is C14H13N5O2. The van der Waals surface area contributed by atoms with E-state index in [2.05, 4.69) is 15.7 Å². The Bertz CT molecular complexity index is 742. The van der Waals surface area contributed by atoms with Crippen LogP contribution in [0.15, 0.2) is 30.5 Å². The Kier molecular flexibility index (Phi) is 4.00. The Morgan fingerprint density at radius 3 is 2.76 bits per heavy atom. The summed E-state index contributed by atoms with van der Waals surface area (Å²) in [5.41, 5.74) is 1.16. The Hall–Kier alpha value is -3.14. The molecule has 0 fully saturated rings. The highest BCUT2D eigenvalue weighted by molar-refractivity contribution is 6.08. The largest absolute Gasteiger partial charge is 0.354 e. The van der Waals surface area contributed by atoms with Gasteiger partial charge in [0.2, 0.25) is 0 Å². The van der Waals surface area contributed by atoms with E-state index in [4.69, 9.17) is 5.26 Å². The predicted octanol–water partition coefficient (Wildman–Crippen LogP) is 0.904. The van der Waals surface area contributed by atoms with Crippen LogP contribution in [-0.2, 0) is 7.05 Å². The van der Waals surface area contributed by atoms with Crippen LogP contribution in [0.3, 0.4) is 0 Å². The first-order valence-corrected chi connectivity index (χ1v) is 6.12. The fraction of sp³-hybridized carbons (Fsp3) is 0.143. The molecule has 0 atom stereocenters. The Labute approximate surface area is 121 Å². The van der Waals surface area contributed by atoms with Crippen molar-refractivity contribution in [1.29, 1.82) is 5.26 Å². The number of aromatic nitrogens is 2. The van der Waals surface area contributed by atoms with E-state index in [-0.39, 0.29) is 5.69 Å². The first-order chi connectivity index (χ1) is 10.0. The highest BCUT2D eigenvalue weighted by atomic mass is 16.2. The molecule has 0 saturated heterocycles. The van der Waals surface area contributed by atoms with E-state index < -0.39 is 11.8 Å². The van der Waals surface area contributed by atoms with Crippen LogP contribution >= 0.6 is 0 Å². The fourth-order valence-electron chi connectivity index (χ4n) is 1.79. The number of nitrogens with zero attached hydrogens (tertiary/aromatic N) is 3. The summed E-state index contributed by atoms with van der Waals surface area (Å²) >= 11 is 0. The van der Waals surface area contributed by atoms with Gasteiger partial charge in [-0.2, -0.15) is 10.4 Å². The number of nitrogens with one attached hydrogen (secondary N) is 2. The van der Waals surface area contributed by atoms with Gasteiger partial charge in [-0.1, -0.05) is 6.07 Å². The van der Waals surface area contributed by atoms with Crippen molar-refractivity contribution in [3.63, 3.8) is 0 Å². The van der Waals surface area contributed by atoms with Gasteiger partial charge in [0.1, 0.15) is 0 Å². The van der Waals surface area contributed by atoms with Gasteiger partial charge in [-0.25, -0.2) is 0 Å². The minimum absolute atomic E-state index is 0.129. The van der Waals surface area contributed by atoms with E-state index in [9.17, 15) is 9.59 Å². The molecule has 2 amide bonds. The third kappa shape index (κ3) is 3.06. The van der Waals surface area contributed by atoms with Crippen LogP contribution in [0.4, 0.5) is 5.69 Å². The summed E-state index contributed by atoms with van der Waals surface area (Å²) in [6, 6.07) is 8.26. The number of rotatable bonds is 3. The fourth-order valence-corrected chi connectivity index (χ4v) is 1.79. The average Bonchev–Trinajstić information content (AvgIpc) is 2.87. The van der Waals surface area contributed by atoms with E-state index >= 15 is 0 Å². The minimum atomic E-state index is -0.412. The molecule has 106 valence electrons. The molecule has 7 nitrogen and oxygen atoms in total. The Balaban J connectivity index is 2.27. The zero-order valence-corrected chi connectivity index (χ0v) is 11.5. The van der Waals surface area contributed by atoms with Gasteiger partial charge in [-0.3, -0.25) is 14.3 Å². The zero-order chi connectivity index (χ0) is 15.4. The maximum atomic E-state index is 12.2. The molecule has 0 saturated carbocycles. The SMILES string of the molecule is CNC(=O)c1nn(C)cc1NC(=O)c1cccc(C#N)c1. The minimum Gasteiger partial charge on any atom is -0.354 e. The van der Waals surface area contributed by atoms with Gasteiger partial charge in [0.15, 0.2) is 5.69 Å². The van der Waals surface area contributed by atoms with Crippen LogP contribution in [0.5, 0.6) is 0 Å². The molecule has 0 bridgehead atoms. The number of carbonyl (C=O) groups excluding carboxylic acids is 2. The van der Waals surface area contributed by atoms with Crippen LogP contribution in [0.2, 0.25) is 0 Å². The molecule has 1 heterocycles. The maximum Gasteiger partial charge on any atom is 0.273 e. The zero-order valence-electron chi connectivity index (χ0n) is 11.5. The summed E-state index contributed by atoms with van der Waals surface area (Å²) < 4.78 is 1.44. The molecule has 21 heavy (non-hydrogen) atoms. The van der Waals surface area contributed by atoms with Gasteiger partial charge >= 0.3 is 0 Å². The van der Waals surface area contributed by atoms with E-state index in [0.29, 0.717) is 16.8 Å². The van der Waals surface area contributed by atoms with Crippen molar-refractivity contribution in [3.8, 4) is 6.07 Å². The van der Waals surface area contributed by atoms with Crippen LogP contribution in [0, 0.1) is 11.3 Å². The maximum absolute atomic E-state index is 12.2. The third-order valence-corrected chi connectivity index (χ3v) is 2.77. The van der Waals surface area contributed by atoms with Gasteiger partial charge in [-0.05, 0) is 18.2 Å². The number of benzene rings is 1. The molecule has 0 unspecified atom stereocenters. The van der Waals surface area contributed by atoms with Gasteiger partial charge in [0.05, 0.1) is 17.3 Å². The molecule has 2 aromatic rings. The summed E-state index contributed by atoms with van der Waals surface area (Å²) in [6.45, 7) is 0. The standard InChI is InChI=1S/C14H13N5O2/c1-16-14(21)12-11(8-19(2)18-12)17-13(20)10-5-3-4-9(6-10)7-15/h3-6,8H,1-2H3,(H,16,21)(H,17,20). The number of hydrogen-bond acceptors (Lipinski definition) is 4. The number of nitriles is 1. The second-order valence-corrected chi connectivity index (χ2v) is 4.29. The topological polar surface area (TPSA) is 99.8 Å². The van der Waals surface area contributed by atoms with E-state index in [1.54, 1.807) is 25.2 Å². The second-order valence-electron chi connectivity index (χ2n) is 4.29. The number of aryl methyl sites for hydroxylation is 1.